The summed E-state index contributed by atoms with van der Waals surface area (Å²) in [6.07, 6.45) is 0. The van der Waals surface area contributed by atoms with Gasteiger partial charge in [0.15, 0.2) is 0 Å². The molecule has 142 valence electrons. The normalized spacial score (nSPS) is 10.9. The zero-order valence-electron chi connectivity index (χ0n) is 15.2. The number of nitrogens with zero attached hydrogens (tertiary/aromatic N) is 6. The van der Waals surface area contributed by atoms with Gasteiger partial charge in [-0.25, -0.2) is 9.48 Å². The molecule has 3 heterocycles. The van der Waals surface area contributed by atoms with Crippen molar-refractivity contribution in [2.24, 2.45) is 0 Å². The Morgan fingerprint density at radius 1 is 1.07 bits per heavy atom. The van der Waals surface area contributed by atoms with Gasteiger partial charge in [-0.1, -0.05) is 18.2 Å². The molecular formula is C18H17N7O2S. The molecule has 10 heteroatoms. The highest BCUT2D eigenvalue weighted by Gasteiger charge is 2.17. The highest BCUT2D eigenvalue weighted by atomic mass is 32.1. The summed E-state index contributed by atoms with van der Waals surface area (Å²) in [6, 6.07) is 13.2. The molecule has 0 unspecified atom stereocenters. The lowest BCUT2D eigenvalue weighted by atomic mass is 10.3. The van der Waals surface area contributed by atoms with Gasteiger partial charge in [0.25, 0.3) is 0 Å². The maximum atomic E-state index is 12.5. The lowest BCUT2D eigenvalue weighted by molar-refractivity contribution is -0.117. The Balaban J connectivity index is 1.54. The molecule has 1 aromatic carbocycles. The maximum Gasteiger partial charge on any atom is 0.369 e. The van der Waals surface area contributed by atoms with Gasteiger partial charge in [0.2, 0.25) is 5.91 Å². The van der Waals surface area contributed by atoms with Crippen molar-refractivity contribution in [3.63, 3.8) is 0 Å². The summed E-state index contributed by atoms with van der Waals surface area (Å²) >= 11 is 1.37. The predicted molar refractivity (Wildman–Crippen MR) is 105 cm³/mol. The van der Waals surface area contributed by atoms with E-state index in [9.17, 15) is 9.59 Å². The van der Waals surface area contributed by atoms with Gasteiger partial charge in [-0.05, 0) is 53.9 Å². The van der Waals surface area contributed by atoms with Crippen molar-refractivity contribution in [2.75, 3.05) is 5.32 Å². The van der Waals surface area contributed by atoms with Gasteiger partial charge in [-0.15, -0.1) is 11.3 Å². The van der Waals surface area contributed by atoms with Gasteiger partial charge in [0, 0.05) is 0 Å². The van der Waals surface area contributed by atoms with Crippen molar-refractivity contribution in [3.8, 4) is 10.7 Å². The number of carbonyl (C=O) groups is 1. The maximum absolute atomic E-state index is 12.5. The van der Waals surface area contributed by atoms with E-state index in [1.54, 1.807) is 10.7 Å². The molecule has 0 aliphatic heterocycles. The predicted octanol–water partition coefficient (Wildman–Crippen LogP) is 1.93. The van der Waals surface area contributed by atoms with Crippen LogP contribution in [0.4, 0.5) is 5.69 Å². The number of rotatable bonds is 5. The van der Waals surface area contributed by atoms with Crippen molar-refractivity contribution < 1.29 is 4.79 Å². The highest BCUT2D eigenvalue weighted by Crippen LogP contribution is 2.22. The average molecular weight is 395 g/mol. The summed E-state index contributed by atoms with van der Waals surface area (Å²) in [7, 11) is 0. The summed E-state index contributed by atoms with van der Waals surface area (Å²) < 4.78 is 3.97. The molecule has 0 radical (unpaired) electrons. The number of aromatic nitrogens is 6. The molecule has 0 saturated carbocycles. The molecule has 0 fully saturated rings. The van der Waals surface area contributed by atoms with Gasteiger partial charge in [0.05, 0.1) is 22.8 Å². The Morgan fingerprint density at radius 3 is 2.57 bits per heavy atom. The standard InChI is InChI=1S/C18H17N7O2S/c1-12-17(13(2)24(20-12)14-7-4-3-5-8-14)19-15(26)11-23-18(27)25(22-21-23)16-9-6-10-28-16/h3-10H,11H2,1-2H3,(H,19,26). The first kappa shape index (κ1) is 17.9. The van der Waals surface area contributed by atoms with Crippen LogP contribution in [0.15, 0.2) is 52.6 Å². The van der Waals surface area contributed by atoms with Gasteiger partial charge in [-0.2, -0.15) is 14.5 Å². The van der Waals surface area contributed by atoms with E-state index in [4.69, 9.17) is 0 Å². The quantitative estimate of drug-likeness (QED) is 0.557. The van der Waals surface area contributed by atoms with Crippen LogP contribution in [0.2, 0.25) is 0 Å². The van der Waals surface area contributed by atoms with Crippen LogP contribution >= 0.6 is 11.3 Å². The van der Waals surface area contributed by atoms with Crippen LogP contribution in [0, 0.1) is 13.8 Å². The van der Waals surface area contributed by atoms with E-state index in [0.29, 0.717) is 16.4 Å². The smallest absolute Gasteiger partial charge is 0.321 e. The average Bonchev–Trinajstić information content (AvgIpc) is 3.40. The number of nitrogens with one attached hydrogen (secondary N) is 1. The molecule has 4 rings (SSSR count). The Bertz CT molecular complexity index is 1170. The second-order valence-electron chi connectivity index (χ2n) is 6.12. The third kappa shape index (κ3) is 3.25. The van der Waals surface area contributed by atoms with Crippen molar-refractivity contribution in [2.45, 2.75) is 20.4 Å². The van der Waals surface area contributed by atoms with Gasteiger partial charge < -0.3 is 5.32 Å². The first-order valence-corrected chi connectivity index (χ1v) is 9.41. The zero-order valence-corrected chi connectivity index (χ0v) is 16.1. The lowest BCUT2D eigenvalue weighted by Gasteiger charge is -2.06. The Morgan fingerprint density at radius 2 is 1.86 bits per heavy atom. The first-order valence-electron chi connectivity index (χ1n) is 8.53. The third-order valence-corrected chi connectivity index (χ3v) is 5.05. The van der Waals surface area contributed by atoms with Crippen molar-refractivity contribution in [1.82, 2.24) is 29.6 Å². The summed E-state index contributed by atoms with van der Waals surface area (Å²) in [4.78, 5) is 24.9. The topological polar surface area (TPSA) is 99.6 Å². The molecule has 4 aromatic rings. The van der Waals surface area contributed by atoms with Crippen LogP contribution in [0.3, 0.4) is 0 Å². The molecule has 0 bridgehead atoms. The molecule has 0 aliphatic rings. The van der Waals surface area contributed by atoms with Gasteiger partial charge >= 0.3 is 5.69 Å². The van der Waals surface area contributed by atoms with Crippen LogP contribution in [-0.2, 0) is 11.3 Å². The zero-order chi connectivity index (χ0) is 19.7. The fourth-order valence-corrected chi connectivity index (χ4v) is 3.53. The second-order valence-corrected chi connectivity index (χ2v) is 7.05. The molecule has 3 aromatic heterocycles. The number of para-hydroxylation sites is 1. The number of benzene rings is 1. The van der Waals surface area contributed by atoms with Crippen molar-refractivity contribution in [1.29, 1.82) is 0 Å². The van der Waals surface area contributed by atoms with Crippen LogP contribution in [0.1, 0.15) is 11.4 Å². The fraction of sp³-hybridized carbons (Fsp3) is 0.167. The number of tetrazole rings is 1. The molecular weight excluding hydrogens is 378 g/mol. The van der Waals surface area contributed by atoms with E-state index < -0.39 is 5.69 Å². The first-order chi connectivity index (χ1) is 13.5. The second kappa shape index (κ2) is 7.24. The monoisotopic (exact) mass is 395 g/mol. The number of thiophene rings is 1. The minimum atomic E-state index is -0.467. The van der Waals surface area contributed by atoms with Crippen LogP contribution < -0.4 is 11.0 Å². The molecule has 1 amide bonds. The molecule has 28 heavy (non-hydrogen) atoms. The van der Waals surface area contributed by atoms with E-state index in [0.717, 1.165) is 16.1 Å². The Labute approximate surface area is 163 Å². The number of anilines is 1. The molecule has 0 saturated heterocycles. The minimum Gasteiger partial charge on any atom is -0.321 e. The molecule has 0 aliphatic carbocycles. The van der Waals surface area contributed by atoms with Gasteiger partial charge in [-0.3, -0.25) is 4.79 Å². The number of amides is 1. The lowest BCUT2D eigenvalue weighted by Crippen LogP contribution is -2.29. The highest BCUT2D eigenvalue weighted by molar-refractivity contribution is 7.12. The molecule has 1 N–H and O–H groups in total. The van der Waals surface area contributed by atoms with Gasteiger partial charge in [0.1, 0.15) is 11.5 Å². The van der Waals surface area contributed by atoms with E-state index in [1.807, 2.05) is 55.6 Å². The molecule has 9 nitrogen and oxygen atoms in total. The van der Waals surface area contributed by atoms with E-state index in [-0.39, 0.29) is 12.5 Å². The van der Waals surface area contributed by atoms with E-state index in [1.165, 1.54) is 16.0 Å². The molecule has 0 spiro atoms. The number of hydrogen-bond donors (Lipinski definition) is 1. The summed E-state index contributed by atoms with van der Waals surface area (Å²) in [5.74, 6) is -0.376. The largest absolute Gasteiger partial charge is 0.369 e. The summed E-state index contributed by atoms with van der Waals surface area (Å²) in [5, 5.41) is 17.4. The van der Waals surface area contributed by atoms with Crippen molar-refractivity contribution in [3.05, 3.63) is 69.7 Å². The fourth-order valence-electron chi connectivity index (χ4n) is 2.86. The van der Waals surface area contributed by atoms with Crippen molar-refractivity contribution >= 4 is 22.9 Å². The van der Waals surface area contributed by atoms with E-state index >= 15 is 0 Å². The number of hydrogen-bond acceptors (Lipinski definition) is 6. The summed E-state index contributed by atoms with van der Waals surface area (Å²) in [5.41, 5.74) is 2.54. The minimum absolute atomic E-state index is 0.237. The van der Waals surface area contributed by atoms with Crippen LogP contribution in [-0.4, -0.2) is 35.5 Å². The van der Waals surface area contributed by atoms with Crippen LogP contribution in [0.5, 0.6) is 0 Å². The Hall–Kier alpha value is -3.53. The van der Waals surface area contributed by atoms with Crippen LogP contribution in [0.25, 0.3) is 10.7 Å². The van der Waals surface area contributed by atoms with E-state index in [2.05, 4.69) is 20.8 Å². The third-order valence-electron chi connectivity index (χ3n) is 4.20. The Kier molecular flexibility index (Phi) is 4.62. The molecule has 0 atom stereocenters. The SMILES string of the molecule is Cc1nn(-c2ccccc2)c(C)c1NC(=O)Cn1nnn(-c2cccs2)c1=O. The number of aryl methyl sites for hydroxylation is 1. The summed E-state index contributed by atoms with van der Waals surface area (Å²) in [6.45, 7) is 3.46. The number of carbonyl (C=O) groups excluding carboxylic acids is 1.